The number of nitrogens with zero attached hydrogens (tertiary/aromatic N) is 4. The lowest BCUT2D eigenvalue weighted by Crippen LogP contribution is -2.02. The van der Waals surface area contributed by atoms with Gasteiger partial charge < -0.3 is 5.73 Å². The van der Waals surface area contributed by atoms with Gasteiger partial charge in [-0.1, -0.05) is 47.1 Å². The molecule has 24 heavy (non-hydrogen) atoms. The van der Waals surface area contributed by atoms with Gasteiger partial charge in [-0.25, -0.2) is 4.98 Å². The van der Waals surface area contributed by atoms with E-state index in [1.807, 2.05) is 47.8 Å². The summed E-state index contributed by atoms with van der Waals surface area (Å²) in [4.78, 5) is 4.63. The molecule has 7 heteroatoms. The molecule has 0 aliphatic carbocycles. The number of thiazole rings is 1. The summed E-state index contributed by atoms with van der Waals surface area (Å²) in [6, 6.07) is 17.2. The SMILES string of the molecule is Nc1c(-c2nc(-c3ccccc3)cs2)nnn1-c1ccc(Cl)cc1. The molecule has 0 fully saturated rings. The van der Waals surface area contributed by atoms with Crippen LogP contribution in [-0.2, 0) is 0 Å². The first-order valence-corrected chi connectivity index (χ1v) is 8.46. The minimum atomic E-state index is 0.450. The topological polar surface area (TPSA) is 69.6 Å². The highest BCUT2D eigenvalue weighted by Gasteiger charge is 2.16. The van der Waals surface area contributed by atoms with E-state index in [9.17, 15) is 0 Å². The maximum Gasteiger partial charge on any atom is 0.165 e. The Morgan fingerprint density at radius 2 is 1.75 bits per heavy atom. The van der Waals surface area contributed by atoms with Gasteiger partial charge in [-0.3, -0.25) is 0 Å². The molecule has 0 spiro atoms. The number of nitrogens with two attached hydrogens (primary N) is 1. The first kappa shape index (κ1) is 14.9. The normalized spacial score (nSPS) is 10.9. The fourth-order valence-electron chi connectivity index (χ4n) is 2.34. The van der Waals surface area contributed by atoms with Gasteiger partial charge in [0.25, 0.3) is 0 Å². The van der Waals surface area contributed by atoms with Crippen LogP contribution in [0.15, 0.2) is 60.0 Å². The predicted molar refractivity (Wildman–Crippen MR) is 97.3 cm³/mol. The molecule has 0 aliphatic heterocycles. The zero-order chi connectivity index (χ0) is 16.5. The zero-order valence-electron chi connectivity index (χ0n) is 12.4. The van der Waals surface area contributed by atoms with Crippen molar-refractivity contribution in [2.45, 2.75) is 0 Å². The molecule has 4 rings (SSSR count). The second kappa shape index (κ2) is 6.07. The van der Waals surface area contributed by atoms with Crippen LogP contribution in [0.1, 0.15) is 0 Å². The molecule has 4 aromatic rings. The Morgan fingerprint density at radius 1 is 1.00 bits per heavy atom. The van der Waals surface area contributed by atoms with E-state index >= 15 is 0 Å². The van der Waals surface area contributed by atoms with Crippen LogP contribution in [0, 0.1) is 0 Å². The van der Waals surface area contributed by atoms with Crippen molar-refractivity contribution in [3.8, 4) is 27.6 Å². The summed E-state index contributed by atoms with van der Waals surface area (Å²) in [5.41, 5.74) is 9.57. The number of rotatable bonds is 3. The largest absolute Gasteiger partial charge is 0.382 e. The van der Waals surface area contributed by atoms with Crippen LogP contribution in [0.3, 0.4) is 0 Å². The highest BCUT2D eigenvalue weighted by Crippen LogP contribution is 2.31. The summed E-state index contributed by atoms with van der Waals surface area (Å²) >= 11 is 7.41. The van der Waals surface area contributed by atoms with Crippen molar-refractivity contribution >= 4 is 28.8 Å². The molecule has 2 aromatic heterocycles. The van der Waals surface area contributed by atoms with Gasteiger partial charge in [0, 0.05) is 16.0 Å². The molecular weight excluding hydrogens is 342 g/mol. The fraction of sp³-hybridized carbons (Fsp3) is 0. The van der Waals surface area contributed by atoms with E-state index < -0.39 is 0 Å². The second-order valence-electron chi connectivity index (χ2n) is 5.12. The van der Waals surface area contributed by atoms with Gasteiger partial charge in [-0.05, 0) is 24.3 Å². The van der Waals surface area contributed by atoms with Gasteiger partial charge in [-0.2, -0.15) is 4.68 Å². The van der Waals surface area contributed by atoms with E-state index in [1.165, 1.54) is 11.3 Å². The van der Waals surface area contributed by atoms with Gasteiger partial charge in [0.1, 0.15) is 5.01 Å². The minimum absolute atomic E-state index is 0.450. The molecule has 2 aromatic carbocycles. The van der Waals surface area contributed by atoms with E-state index in [0.717, 1.165) is 22.0 Å². The number of halogens is 1. The maximum atomic E-state index is 6.23. The third-order valence-electron chi connectivity index (χ3n) is 3.55. The van der Waals surface area contributed by atoms with Crippen molar-refractivity contribution in [2.75, 3.05) is 5.73 Å². The van der Waals surface area contributed by atoms with E-state index in [-0.39, 0.29) is 0 Å². The molecule has 0 radical (unpaired) electrons. The van der Waals surface area contributed by atoms with Crippen molar-refractivity contribution < 1.29 is 0 Å². The summed E-state index contributed by atoms with van der Waals surface area (Å²) in [6.45, 7) is 0. The van der Waals surface area contributed by atoms with Crippen molar-refractivity contribution in [3.63, 3.8) is 0 Å². The number of benzene rings is 2. The Bertz CT molecular complexity index is 976. The first-order valence-electron chi connectivity index (χ1n) is 7.21. The molecule has 0 saturated heterocycles. The molecule has 5 nitrogen and oxygen atoms in total. The third-order valence-corrected chi connectivity index (χ3v) is 4.65. The maximum absolute atomic E-state index is 6.23. The average Bonchev–Trinajstić information content (AvgIpc) is 3.23. The van der Waals surface area contributed by atoms with Crippen LogP contribution in [0.4, 0.5) is 5.82 Å². The van der Waals surface area contributed by atoms with Gasteiger partial charge >= 0.3 is 0 Å². The fourth-order valence-corrected chi connectivity index (χ4v) is 3.28. The number of hydrogen-bond donors (Lipinski definition) is 1. The van der Waals surface area contributed by atoms with Crippen molar-refractivity contribution in [1.82, 2.24) is 20.0 Å². The standard InChI is InChI=1S/C17H12ClN5S/c18-12-6-8-13(9-7-12)23-16(19)15(21-22-23)17-20-14(10-24-17)11-4-2-1-3-5-11/h1-10H,19H2. The molecule has 0 amide bonds. The molecule has 0 atom stereocenters. The zero-order valence-corrected chi connectivity index (χ0v) is 14.0. The third kappa shape index (κ3) is 2.66. The summed E-state index contributed by atoms with van der Waals surface area (Å²) in [7, 11) is 0. The van der Waals surface area contributed by atoms with Crippen LogP contribution >= 0.6 is 22.9 Å². The van der Waals surface area contributed by atoms with Crippen LogP contribution in [-0.4, -0.2) is 20.0 Å². The number of hydrogen-bond acceptors (Lipinski definition) is 5. The Kier molecular flexibility index (Phi) is 3.76. The minimum Gasteiger partial charge on any atom is -0.382 e. The van der Waals surface area contributed by atoms with Crippen LogP contribution in [0.5, 0.6) is 0 Å². The van der Waals surface area contributed by atoms with E-state index in [4.69, 9.17) is 17.3 Å². The summed E-state index contributed by atoms with van der Waals surface area (Å²) < 4.78 is 1.58. The molecule has 0 bridgehead atoms. The summed E-state index contributed by atoms with van der Waals surface area (Å²) in [6.07, 6.45) is 0. The van der Waals surface area contributed by atoms with Crippen molar-refractivity contribution in [1.29, 1.82) is 0 Å². The lowest BCUT2D eigenvalue weighted by Gasteiger charge is -2.02. The lowest BCUT2D eigenvalue weighted by molar-refractivity contribution is 0.810. The summed E-state index contributed by atoms with van der Waals surface area (Å²) in [5, 5.41) is 11.7. The molecular formula is C17H12ClN5S. The van der Waals surface area contributed by atoms with Gasteiger partial charge in [0.05, 0.1) is 11.4 Å². The van der Waals surface area contributed by atoms with Crippen molar-refractivity contribution in [3.05, 3.63) is 65.0 Å². The van der Waals surface area contributed by atoms with Crippen molar-refractivity contribution in [2.24, 2.45) is 0 Å². The Morgan fingerprint density at radius 3 is 2.50 bits per heavy atom. The van der Waals surface area contributed by atoms with Crippen LogP contribution in [0.2, 0.25) is 5.02 Å². The molecule has 2 N–H and O–H groups in total. The number of anilines is 1. The molecule has 0 saturated carbocycles. The van der Waals surface area contributed by atoms with E-state index in [2.05, 4.69) is 15.3 Å². The number of nitrogen functional groups attached to an aromatic ring is 1. The van der Waals surface area contributed by atoms with Crippen LogP contribution < -0.4 is 5.73 Å². The highest BCUT2D eigenvalue weighted by atomic mass is 35.5. The highest BCUT2D eigenvalue weighted by molar-refractivity contribution is 7.13. The Hall–Kier alpha value is -2.70. The molecule has 118 valence electrons. The Labute approximate surface area is 147 Å². The van der Waals surface area contributed by atoms with Gasteiger partial charge in [0.15, 0.2) is 11.5 Å². The van der Waals surface area contributed by atoms with E-state index in [1.54, 1.807) is 16.8 Å². The lowest BCUT2D eigenvalue weighted by atomic mass is 10.2. The predicted octanol–water partition coefficient (Wildman–Crippen LogP) is 4.29. The smallest absolute Gasteiger partial charge is 0.165 e. The molecule has 0 unspecified atom stereocenters. The molecule has 0 aliphatic rings. The van der Waals surface area contributed by atoms with Gasteiger partial charge in [-0.15, -0.1) is 16.4 Å². The number of aromatic nitrogens is 4. The van der Waals surface area contributed by atoms with Gasteiger partial charge in [0.2, 0.25) is 0 Å². The Balaban J connectivity index is 1.71. The quantitative estimate of drug-likeness (QED) is 0.596. The average molecular weight is 354 g/mol. The van der Waals surface area contributed by atoms with E-state index in [0.29, 0.717) is 16.5 Å². The monoisotopic (exact) mass is 353 g/mol. The summed E-state index contributed by atoms with van der Waals surface area (Å²) in [5.74, 6) is 0.450. The first-order chi connectivity index (χ1) is 11.7. The molecule has 2 heterocycles. The second-order valence-corrected chi connectivity index (χ2v) is 6.41. The van der Waals surface area contributed by atoms with Crippen LogP contribution in [0.25, 0.3) is 27.6 Å².